The van der Waals surface area contributed by atoms with Gasteiger partial charge in [-0.3, -0.25) is 5.32 Å². The molecule has 2 N–H and O–H groups in total. The lowest BCUT2D eigenvalue weighted by atomic mass is 10.2. The van der Waals surface area contributed by atoms with Crippen molar-refractivity contribution in [2.75, 3.05) is 50.4 Å². The number of nitrogens with zero attached hydrogens (tertiary/aromatic N) is 6. The third-order valence-corrected chi connectivity index (χ3v) is 12.2. The molecule has 0 bridgehead atoms. The highest BCUT2D eigenvalue weighted by Gasteiger charge is 2.58. The van der Waals surface area contributed by atoms with Crippen LogP contribution in [0.1, 0.15) is 38.5 Å². The van der Waals surface area contributed by atoms with Crippen LogP contribution in [0.5, 0.6) is 0 Å². The summed E-state index contributed by atoms with van der Waals surface area (Å²) in [6, 6.07) is 3.90. The highest BCUT2D eigenvalue weighted by atomic mass is 32.2. The lowest BCUT2D eigenvalue weighted by Crippen LogP contribution is -2.62. The largest absolute Gasteiger partial charge is 0.353 e. The Morgan fingerprint density at radius 3 is 2.69 bits per heavy atom. The number of aromatic amines is 1. The highest BCUT2D eigenvalue weighted by molar-refractivity contribution is 7.92. The van der Waals surface area contributed by atoms with Crippen molar-refractivity contribution < 1.29 is 16.8 Å². The number of unbranched alkanes of at least 4 members (excludes halogenated alkanes) is 1. The third-order valence-electron chi connectivity index (χ3n) is 7.70. The molecule has 1 aliphatic carbocycles. The number of hydrogen-bond acceptors (Lipinski definition) is 9. The number of piperazine rings is 1. The molecule has 0 aromatic carbocycles. The topological polar surface area (TPSA) is 155 Å². The van der Waals surface area contributed by atoms with Gasteiger partial charge in [0.15, 0.2) is 9.84 Å². The molecule has 3 aliphatic rings. The zero-order valence-corrected chi connectivity index (χ0v) is 22.0. The summed E-state index contributed by atoms with van der Waals surface area (Å²) >= 11 is 0. The summed E-state index contributed by atoms with van der Waals surface area (Å²) in [4.78, 5) is 12.6. The van der Waals surface area contributed by atoms with E-state index in [1.165, 1.54) is 17.7 Å². The van der Waals surface area contributed by atoms with Crippen molar-refractivity contribution >= 4 is 36.9 Å². The molecule has 5 rings (SSSR count). The Hall–Kier alpha value is -2.31. The first-order valence-corrected chi connectivity index (χ1v) is 15.3. The van der Waals surface area contributed by atoms with E-state index in [4.69, 9.17) is 5.26 Å². The summed E-state index contributed by atoms with van der Waals surface area (Å²) in [5.74, 6) is 0.645. The van der Waals surface area contributed by atoms with Crippen LogP contribution in [0.2, 0.25) is 0 Å². The van der Waals surface area contributed by atoms with Gasteiger partial charge in [0.05, 0.1) is 22.7 Å². The minimum atomic E-state index is -3.91. The van der Waals surface area contributed by atoms with Gasteiger partial charge in [0.2, 0.25) is 0 Å². The van der Waals surface area contributed by atoms with Crippen LogP contribution in [0.3, 0.4) is 0 Å². The van der Waals surface area contributed by atoms with E-state index in [-0.39, 0.29) is 31.7 Å². The molecule has 2 aromatic heterocycles. The van der Waals surface area contributed by atoms with Gasteiger partial charge in [0.1, 0.15) is 22.7 Å². The van der Waals surface area contributed by atoms with Gasteiger partial charge in [0, 0.05) is 45.8 Å². The van der Waals surface area contributed by atoms with Crippen LogP contribution < -0.4 is 10.2 Å². The fraction of sp³-hybridized carbons (Fsp3) is 0.682. The molecule has 196 valence electrons. The molecule has 1 saturated carbocycles. The Morgan fingerprint density at radius 2 is 2.00 bits per heavy atom. The van der Waals surface area contributed by atoms with Gasteiger partial charge in [-0.2, -0.15) is 22.3 Å². The van der Waals surface area contributed by atoms with Crippen LogP contribution in [-0.4, -0.2) is 96.3 Å². The second kappa shape index (κ2) is 9.21. The smallest absolute Gasteiger partial charge is 0.282 e. The average molecular weight is 537 g/mol. The minimum Gasteiger partial charge on any atom is -0.353 e. The Balaban J connectivity index is 1.35. The number of sulfone groups is 1. The van der Waals surface area contributed by atoms with Gasteiger partial charge in [-0.25, -0.2) is 18.4 Å². The van der Waals surface area contributed by atoms with Crippen molar-refractivity contribution in [2.24, 2.45) is 0 Å². The standard InChI is InChI=1S/C22H32N8O4S2/c1-28(16-22(6-4-10-27-22)35(31,32)14-3-2-9-23)36(33,34)30-13-12-29(15-21(30)7-8-21)20-18-5-11-24-19(18)25-17-26-20/h5,11,17,27H,2-4,6-8,10,12-16H2,1H3,(H,24,25,26)/t22-/m1/s1. The second-order valence-electron chi connectivity index (χ2n) is 10.0. The van der Waals surface area contributed by atoms with Crippen molar-refractivity contribution in [1.82, 2.24) is 28.9 Å². The number of likely N-dealkylation sites (N-methyl/N-ethyl adjacent to an activating group) is 1. The molecule has 1 atom stereocenters. The zero-order valence-electron chi connectivity index (χ0n) is 20.4. The summed E-state index contributed by atoms with van der Waals surface area (Å²) in [5, 5.41) is 12.8. The Morgan fingerprint density at radius 1 is 1.19 bits per heavy atom. The molecule has 36 heavy (non-hydrogen) atoms. The number of rotatable bonds is 9. The van der Waals surface area contributed by atoms with E-state index >= 15 is 0 Å². The SMILES string of the molecule is CN(C[C@]1(S(=O)(=O)CCCC#N)CCCN1)S(=O)(=O)N1CCN(c2ncnc3[nH]ccc23)CC12CC2. The maximum atomic E-state index is 13.8. The lowest BCUT2D eigenvalue weighted by Gasteiger charge is -2.44. The summed E-state index contributed by atoms with van der Waals surface area (Å²) < 4.78 is 56.9. The number of hydrogen-bond donors (Lipinski definition) is 2. The van der Waals surface area contributed by atoms with Gasteiger partial charge in [0.25, 0.3) is 10.2 Å². The first-order chi connectivity index (χ1) is 17.1. The first kappa shape index (κ1) is 25.3. The van der Waals surface area contributed by atoms with E-state index in [9.17, 15) is 16.8 Å². The number of H-pyrrole nitrogens is 1. The number of nitrogens with one attached hydrogen (secondary N) is 2. The van der Waals surface area contributed by atoms with E-state index in [2.05, 4.69) is 25.2 Å². The molecule has 0 radical (unpaired) electrons. The van der Waals surface area contributed by atoms with Gasteiger partial charge in [-0.05, 0) is 44.7 Å². The van der Waals surface area contributed by atoms with Crippen molar-refractivity contribution in [2.45, 2.75) is 48.9 Å². The predicted octanol–water partition coefficient (Wildman–Crippen LogP) is 0.587. The summed E-state index contributed by atoms with van der Waals surface area (Å²) in [6.07, 6.45) is 6.20. The molecule has 3 fully saturated rings. The molecule has 2 saturated heterocycles. The summed E-state index contributed by atoms with van der Waals surface area (Å²) in [7, 11) is -6.11. The molecular formula is C22H32N8O4S2. The van der Waals surface area contributed by atoms with E-state index in [0.717, 1.165) is 29.7 Å². The van der Waals surface area contributed by atoms with Gasteiger partial charge in [-0.1, -0.05) is 0 Å². The molecular weight excluding hydrogens is 504 g/mol. The number of aromatic nitrogens is 3. The molecule has 14 heteroatoms. The average Bonchev–Trinajstić information content (AvgIpc) is 3.24. The third kappa shape index (κ3) is 4.26. The molecule has 0 unspecified atom stereocenters. The van der Waals surface area contributed by atoms with Crippen molar-refractivity contribution in [3.63, 3.8) is 0 Å². The lowest BCUT2D eigenvalue weighted by molar-refractivity contribution is 0.245. The van der Waals surface area contributed by atoms with E-state index in [0.29, 0.717) is 32.5 Å². The second-order valence-corrected chi connectivity index (χ2v) is 14.4. The maximum Gasteiger partial charge on any atom is 0.282 e. The first-order valence-electron chi connectivity index (χ1n) is 12.3. The Bertz CT molecular complexity index is 1370. The van der Waals surface area contributed by atoms with E-state index < -0.39 is 30.5 Å². The van der Waals surface area contributed by atoms with Crippen LogP contribution in [-0.2, 0) is 20.0 Å². The summed E-state index contributed by atoms with van der Waals surface area (Å²) in [5.41, 5.74) is 0.214. The Labute approximate surface area is 211 Å². The van der Waals surface area contributed by atoms with Crippen LogP contribution >= 0.6 is 0 Å². The highest BCUT2D eigenvalue weighted by Crippen LogP contribution is 2.47. The van der Waals surface area contributed by atoms with Gasteiger partial charge in [-0.15, -0.1) is 0 Å². The fourth-order valence-electron chi connectivity index (χ4n) is 5.59. The zero-order chi connectivity index (χ0) is 25.6. The van der Waals surface area contributed by atoms with Gasteiger partial charge >= 0.3 is 0 Å². The van der Waals surface area contributed by atoms with Crippen LogP contribution in [0, 0.1) is 11.3 Å². The molecule has 2 aliphatic heterocycles. The normalized spacial score (nSPS) is 24.5. The molecule has 4 heterocycles. The Kier molecular flexibility index (Phi) is 6.49. The maximum absolute atomic E-state index is 13.8. The quantitative estimate of drug-likeness (QED) is 0.438. The fourth-order valence-corrected chi connectivity index (χ4v) is 9.52. The van der Waals surface area contributed by atoms with Crippen LogP contribution in [0.4, 0.5) is 5.82 Å². The number of fused-ring (bicyclic) bond motifs is 1. The van der Waals surface area contributed by atoms with E-state index in [1.54, 1.807) is 4.31 Å². The predicted molar refractivity (Wildman–Crippen MR) is 135 cm³/mol. The van der Waals surface area contributed by atoms with Crippen molar-refractivity contribution in [3.05, 3.63) is 18.6 Å². The molecule has 2 aromatic rings. The summed E-state index contributed by atoms with van der Waals surface area (Å²) in [6.45, 7) is 1.64. The number of anilines is 1. The molecule has 12 nitrogen and oxygen atoms in total. The van der Waals surface area contributed by atoms with Crippen LogP contribution in [0.15, 0.2) is 18.6 Å². The van der Waals surface area contributed by atoms with Crippen LogP contribution in [0.25, 0.3) is 11.0 Å². The van der Waals surface area contributed by atoms with E-state index in [1.807, 2.05) is 18.3 Å². The van der Waals surface area contributed by atoms with Crippen molar-refractivity contribution in [1.29, 1.82) is 5.26 Å². The monoisotopic (exact) mass is 536 g/mol. The molecule has 0 amide bonds. The molecule has 1 spiro atoms. The minimum absolute atomic E-state index is 0.142. The number of nitriles is 1. The van der Waals surface area contributed by atoms with Gasteiger partial charge < -0.3 is 9.88 Å². The van der Waals surface area contributed by atoms with Crippen molar-refractivity contribution in [3.8, 4) is 6.07 Å².